The number of nitrogens with zero attached hydrogens (tertiary/aromatic N) is 5. The first-order valence-electron chi connectivity index (χ1n) is 5.94. The highest BCUT2D eigenvalue weighted by molar-refractivity contribution is 5.90. The zero-order valence-corrected chi connectivity index (χ0v) is 10.4. The Kier molecular flexibility index (Phi) is 3.19. The van der Waals surface area contributed by atoms with Crippen molar-refractivity contribution in [3.63, 3.8) is 0 Å². The molecule has 0 aliphatic rings. The summed E-state index contributed by atoms with van der Waals surface area (Å²) in [6.07, 6.45) is 3.55. The molecule has 0 atom stereocenters. The number of carbonyl (C=O) groups is 1. The van der Waals surface area contributed by atoms with E-state index in [2.05, 4.69) is 31.0 Å². The third kappa shape index (κ3) is 2.39. The summed E-state index contributed by atoms with van der Waals surface area (Å²) in [5.74, 6) is -0.365. The molecule has 2 aromatic heterocycles. The van der Waals surface area contributed by atoms with Gasteiger partial charge in [0.25, 0.3) is 11.7 Å². The van der Waals surface area contributed by atoms with Crippen molar-refractivity contribution in [2.45, 2.75) is 6.54 Å². The summed E-state index contributed by atoms with van der Waals surface area (Å²) >= 11 is 0. The molecule has 0 radical (unpaired) electrons. The number of hydrogen-bond donors (Lipinski definition) is 2. The molecular weight excluding hydrogens is 258 g/mol. The highest BCUT2D eigenvalue weighted by Crippen LogP contribution is 2.13. The third-order valence-electron chi connectivity index (χ3n) is 2.73. The van der Waals surface area contributed by atoms with Crippen LogP contribution >= 0.6 is 0 Å². The summed E-state index contributed by atoms with van der Waals surface area (Å²) in [7, 11) is 0. The molecule has 2 N–H and O–H groups in total. The van der Waals surface area contributed by atoms with E-state index in [0.29, 0.717) is 6.54 Å². The summed E-state index contributed by atoms with van der Waals surface area (Å²) in [6.45, 7) is 0.351. The van der Waals surface area contributed by atoms with Gasteiger partial charge in [-0.15, -0.1) is 10.2 Å². The molecule has 0 saturated carbocycles. The molecule has 0 fully saturated rings. The van der Waals surface area contributed by atoms with Gasteiger partial charge in [-0.2, -0.15) is 10.3 Å². The van der Waals surface area contributed by atoms with Crippen molar-refractivity contribution >= 4 is 5.91 Å². The van der Waals surface area contributed by atoms with Crippen molar-refractivity contribution < 1.29 is 4.79 Å². The molecule has 0 unspecified atom stereocenters. The normalized spacial score (nSPS) is 10.4. The lowest BCUT2D eigenvalue weighted by Crippen LogP contribution is -2.24. The smallest absolute Gasteiger partial charge is 0.293 e. The maximum atomic E-state index is 11.8. The minimum atomic E-state index is -0.381. The van der Waals surface area contributed by atoms with Gasteiger partial charge in [0.2, 0.25) is 0 Å². The van der Waals surface area contributed by atoms with Crippen molar-refractivity contribution in [2.24, 2.45) is 0 Å². The van der Waals surface area contributed by atoms with Crippen LogP contribution in [0.4, 0.5) is 0 Å². The minimum absolute atomic E-state index is 0.0153. The van der Waals surface area contributed by atoms with Crippen LogP contribution in [0.1, 0.15) is 16.2 Å². The molecule has 0 aliphatic carbocycles. The largest absolute Gasteiger partial charge is 0.345 e. The van der Waals surface area contributed by atoms with Gasteiger partial charge in [0.05, 0.1) is 5.69 Å². The lowest BCUT2D eigenvalue weighted by Gasteiger charge is -2.09. The summed E-state index contributed by atoms with van der Waals surface area (Å²) in [4.78, 5) is 11.8. The van der Waals surface area contributed by atoms with E-state index < -0.39 is 0 Å². The molecule has 0 bridgehead atoms. The van der Waals surface area contributed by atoms with E-state index in [4.69, 9.17) is 0 Å². The summed E-state index contributed by atoms with van der Waals surface area (Å²) in [6, 6.07) is 9.52. The van der Waals surface area contributed by atoms with Crippen molar-refractivity contribution in [1.29, 1.82) is 0 Å². The Morgan fingerprint density at radius 2 is 2.20 bits per heavy atom. The third-order valence-corrected chi connectivity index (χ3v) is 2.73. The molecule has 0 saturated heterocycles. The van der Waals surface area contributed by atoms with E-state index in [1.54, 1.807) is 10.9 Å². The van der Waals surface area contributed by atoms with Gasteiger partial charge >= 0.3 is 0 Å². The Morgan fingerprint density at radius 1 is 1.30 bits per heavy atom. The van der Waals surface area contributed by atoms with Crippen molar-refractivity contribution in [2.75, 3.05) is 0 Å². The number of tetrazole rings is 1. The zero-order valence-electron chi connectivity index (χ0n) is 10.4. The number of aromatic amines is 1. The SMILES string of the molecule is O=C(NCc1ccccc1-n1cccn1)c1nn[nH]n1. The van der Waals surface area contributed by atoms with Crippen LogP contribution in [0, 0.1) is 0 Å². The average Bonchev–Trinajstić information content (AvgIpc) is 3.17. The van der Waals surface area contributed by atoms with E-state index in [1.165, 1.54) is 0 Å². The topological polar surface area (TPSA) is 101 Å². The maximum Gasteiger partial charge on any atom is 0.293 e. The zero-order chi connectivity index (χ0) is 13.8. The van der Waals surface area contributed by atoms with E-state index in [9.17, 15) is 4.79 Å². The molecule has 2 heterocycles. The molecular formula is C12H11N7O. The van der Waals surface area contributed by atoms with Gasteiger partial charge in [-0.1, -0.05) is 18.2 Å². The van der Waals surface area contributed by atoms with Crippen molar-refractivity contribution in [3.05, 3.63) is 54.1 Å². The average molecular weight is 269 g/mol. The Hall–Kier alpha value is -3.03. The number of H-pyrrole nitrogens is 1. The molecule has 0 aliphatic heterocycles. The first-order valence-corrected chi connectivity index (χ1v) is 5.94. The second kappa shape index (κ2) is 5.31. The summed E-state index contributed by atoms with van der Waals surface area (Å²) in [5, 5.41) is 19.8. The van der Waals surface area contributed by atoms with Gasteiger partial charge < -0.3 is 5.32 Å². The molecule has 1 aromatic carbocycles. The Morgan fingerprint density at radius 3 is 2.95 bits per heavy atom. The van der Waals surface area contributed by atoms with Crippen LogP contribution in [0.2, 0.25) is 0 Å². The number of hydrogen-bond acceptors (Lipinski definition) is 5. The van der Waals surface area contributed by atoms with Crippen molar-refractivity contribution in [3.8, 4) is 5.69 Å². The van der Waals surface area contributed by atoms with Gasteiger partial charge in [-0.05, 0) is 22.9 Å². The van der Waals surface area contributed by atoms with Crippen molar-refractivity contribution in [1.82, 2.24) is 35.7 Å². The van der Waals surface area contributed by atoms with Gasteiger partial charge in [0, 0.05) is 18.9 Å². The number of amides is 1. The van der Waals surface area contributed by atoms with E-state index in [-0.39, 0.29) is 11.7 Å². The predicted octanol–water partition coefficient (Wildman–Crippen LogP) is 0.315. The highest BCUT2D eigenvalue weighted by atomic mass is 16.2. The Bertz CT molecular complexity index is 690. The fourth-order valence-corrected chi connectivity index (χ4v) is 1.81. The standard InChI is InChI=1S/C12H11N7O/c20-12(11-15-17-18-16-11)13-8-9-4-1-2-5-10(9)19-7-3-6-14-19/h1-7H,8H2,(H,13,20)(H,15,16,17,18). The molecule has 1 amide bonds. The number of para-hydroxylation sites is 1. The fraction of sp³-hybridized carbons (Fsp3) is 0.0833. The number of rotatable bonds is 4. The molecule has 3 aromatic rings. The van der Waals surface area contributed by atoms with Gasteiger partial charge in [0.1, 0.15) is 0 Å². The Balaban J connectivity index is 1.77. The van der Waals surface area contributed by atoms with E-state index in [1.807, 2.05) is 36.5 Å². The van der Waals surface area contributed by atoms with E-state index >= 15 is 0 Å². The second-order valence-electron chi connectivity index (χ2n) is 4.00. The lowest BCUT2D eigenvalue weighted by molar-refractivity contribution is 0.0940. The molecule has 8 nitrogen and oxygen atoms in total. The van der Waals surface area contributed by atoms with Gasteiger partial charge in [-0.3, -0.25) is 4.79 Å². The van der Waals surface area contributed by atoms with Crippen LogP contribution < -0.4 is 5.32 Å². The Labute approximate surface area is 113 Å². The highest BCUT2D eigenvalue weighted by Gasteiger charge is 2.11. The number of aromatic nitrogens is 6. The van der Waals surface area contributed by atoms with Crippen LogP contribution in [-0.2, 0) is 6.54 Å². The molecule has 100 valence electrons. The molecule has 8 heteroatoms. The first kappa shape index (κ1) is 12.0. The summed E-state index contributed by atoms with van der Waals surface area (Å²) in [5.41, 5.74) is 1.85. The minimum Gasteiger partial charge on any atom is -0.345 e. The monoisotopic (exact) mass is 269 g/mol. The number of carbonyl (C=O) groups excluding carboxylic acids is 1. The first-order chi connectivity index (χ1) is 9.84. The second-order valence-corrected chi connectivity index (χ2v) is 4.00. The molecule has 20 heavy (non-hydrogen) atoms. The van der Waals surface area contributed by atoms with Gasteiger partial charge in [-0.25, -0.2) is 4.68 Å². The summed E-state index contributed by atoms with van der Waals surface area (Å²) < 4.78 is 1.75. The van der Waals surface area contributed by atoms with Crippen LogP contribution in [0.5, 0.6) is 0 Å². The van der Waals surface area contributed by atoms with Crippen LogP contribution in [-0.4, -0.2) is 36.3 Å². The lowest BCUT2D eigenvalue weighted by atomic mass is 10.2. The molecule has 0 spiro atoms. The quantitative estimate of drug-likeness (QED) is 0.710. The fourth-order valence-electron chi connectivity index (χ4n) is 1.81. The number of nitrogens with one attached hydrogen (secondary N) is 2. The maximum absolute atomic E-state index is 11.8. The van der Waals surface area contributed by atoms with Crippen LogP contribution in [0.25, 0.3) is 5.69 Å². The van der Waals surface area contributed by atoms with Gasteiger partial charge in [0.15, 0.2) is 0 Å². The predicted molar refractivity (Wildman–Crippen MR) is 68.9 cm³/mol. The van der Waals surface area contributed by atoms with E-state index in [0.717, 1.165) is 11.3 Å². The van der Waals surface area contributed by atoms with Crippen LogP contribution in [0.3, 0.4) is 0 Å². The number of benzene rings is 1. The van der Waals surface area contributed by atoms with Crippen LogP contribution in [0.15, 0.2) is 42.7 Å². The molecule has 3 rings (SSSR count).